The smallest absolute Gasteiger partial charge is 0.0975 e. The molecule has 1 heterocycles. The van der Waals surface area contributed by atoms with Crippen LogP contribution in [0.15, 0.2) is 71.8 Å². The highest BCUT2D eigenvalue weighted by Crippen LogP contribution is 2.62. The Balaban J connectivity index is 1.83. The van der Waals surface area contributed by atoms with Gasteiger partial charge in [0.1, 0.15) is 0 Å². The number of allylic oxidation sites excluding steroid dienone is 4. The highest BCUT2D eigenvalue weighted by Gasteiger charge is 2.55. The molecule has 3 aliphatic rings. The number of fused-ring (bicyclic) bond motifs is 6. The number of aromatic nitrogens is 2. The van der Waals surface area contributed by atoms with E-state index in [4.69, 9.17) is 9.97 Å². The van der Waals surface area contributed by atoms with E-state index in [2.05, 4.69) is 123 Å². The molecule has 36 heavy (non-hydrogen) atoms. The van der Waals surface area contributed by atoms with Gasteiger partial charge < -0.3 is 0 Å². The number of nitrogens with zero attached hydrogens (tertiary/aromatic N) is 2. The quantitative estimate of drug-likeness (QED) is 0.187. The van der Waals surface area contributed by atoms with Gasteiger partial charge in [-0.1, -0.05) is 134 Å². The Labute approximate surface area is 215 Å². The van der Waals surface area contributed by atoms with Crippen molar-refractivity contribution in [2.24, 2.45) is 16.2 Å². The zero-order chi connectivity index (χ0) is 25.8. The Kier molecular flexibility index (Phi) is 4.59. The van der Waals surface area contributed by atoms with Crippen LogP contribution in [-0.2, 0) is 5.41 Å². The first kappa shape index (κ1) is 23.4. The monoisotopic (exact) mass is 474 g/mol. The van der Waals surface area contributed by atoms with Crippen LogP contribution in [0.2, 0.25) is 0 Å². The van der Waals surface area contributed by atoms with Crippen molar-refractivity contribution in [3.05, 3.63) is 83.2 Å². The summed E-state index contributed by atoms with van der Waals surface area (Å²) in [5.74, 6) is 0.159. The number of hydrogen-bond donors (Lipinski definition) is 0. The van der Waals surface area contributed by atoms with Crippen molar-refractivity contribution in [3.63, 3.8) is 0 Å². The fourth-order valence-electron chi connectivity index (χ4n) is 6.56. The topological polar surface area (TPSA) is 25.8 Å². The van der Waals surface area contributed by atoms with E-state index in [1.54, 1.807) is 0 Å². The van der Waals surface area contributed by atoms with Crippen molar-refractivity contribution in [2.45, 2.75) is 73.6 Å². The molecule has 4 aromatic rings. The molecule has 0 saturated carbocycles. The van der Waals surface area contributed by atoms with Crippen LogP contribution in [0.25, 0.3) is 32.6 Å². The molecule has 2 heteroatoms. The van der Waals surface area contributed by atoms with Gasteiger partial charge in [-0.2, -0.15) is 0 Å². The van der Waals surface area contributed by atoms with Crippen LogP contribution < -0.4 is 0 Å². The highest BCUT2D eigenvalue weighted by molar-refractivity contribution is 6.23. The number of benzene rings is 3. The maximum atomic E-state index is 5.62. The zero-order valence-corrected chi connectivity index (χ0v) is 23.2. The molecule has 7 rings (SSSR count). The van der Waals surface area contributed by atoms with E-state index in [0.717, 1.165) is 22.4 Å². The molecule has 2 bridgehead atoms. The third-order valence-corrected chi connectivity index (χ3v) is 8.60. The first-order valence-electron chi connectivity index (χ1n) is 13.3. The van der Waals surface area contributed by atoms with Gasteiger partial charge in [0.2, 0.25) is 0 Å². The lowest BCUT2D eigenvalue weighted by molar-refractivity contribution is 0.250. The Morgan fingerprint density at radius 2 is 1.00 bits per heavy atom. The van der Waals surface area contributed by atoms with Crippen LogP contribution in [-0.4, -0.2) is 9.97 Å². The van der Waals surface area contributed by atoms with Gasteiger partial charge in [0.05, 0.1) is 27.8 Å². The van der Waals surface area contributed by atoms with Crippen LogP contribution in [0.4, 0.5) is 0 Å². The molecule has 0 fully saturated rings. The summed E-state index contributed by atoms with van der Waals surface area (Å²) in [5.41, 5.74) is 7.03. The molecule has 184 valence electrons. The van der Waals surface area contributed by atoms with Crippen molar-refractivity contribution in [3.8, 4) is 0 Å². The van der Waals surface area contributed by atoms with E-state index in [-0.39, 0.29) is 27.6 Å². The van der Waals surface area contributed by atoms with Gasteiger partial charge in [-0.05, 0) is 27.0 Å². The maximum Gasteiger partial charge on any atom is 0.0975 e. The summed E-state index contributed by atoms with van der Waals surface area (Å²) >= 11 is 0. The van der Waals surface area contributed by atoms with Crippen LogP contribution in [0, 0.1) is 16.2 Å². The molecule has 0 amide bonds. The van der Waals surface area contributed by atoms with Crippen molar-refractivity contribution in [1.82, 2.24) is 9.97 Å². The molecule has 0 spiro atoms. The van der Waals surface area contributed by atoms with E-state index >= 15 is 0 Å². The van der Waals surface area contributed by atoms with Gasteiger partial charge in [-0.15, -0.1) is 0 Å². The Bertz CT molecular complexity index is 1600. The van der Waals surface area contributed by atoms with Crippen LogP contribution in [0.5, 0.6) is 0 Å². The van der Waals surface area contributed by atoms with Gasteiger partial charge in [0, 0.05) is 16.7 Å². The minimum absolute atomic E-state index is 0.0334. The lowest BCUT2D eigenvalue weighted by atomic mass is 9.50. The fraction of sp³-hybridized carbons (Fsp3) is 0.412. The Morgan fingerprint density at radius 3 is 1.42 bits per heavy atom. The van der Waals surface area contributed by atoms with E-state index in [1.807, 2.05) is 0 Å². The highest BCUT2D eigenvalue weighted by atomic mass is 14.9. The summed E-state index contributed by atoms with van der Waals surface area (Å²) in [5, 5.41) is 4.87. The van der Waals surface area contributed by atoms with E-state index < -0.39 is 0 Å². The van der Waals surface area contributed by atoms with Crippen LogP contribution in [0.1, 0.15) is 79.6 Å². The SMILES string of the molecule is CC(C)(C)C1=CC2(C(C)(C)C)C=C(C(C)(C)C)C1c1nc3c4ccccc4c4ccccc4c3nc12. The second kappa shape index (κ2) is 7.06. The predicted octanol–water partition coefficient (Wildman–Crippen LogP) is 9.28. The maximum absolute atomic E-state index is 5.62. The van der Waals surface area contributed by atoms with Crippen molar-refractivity contribution >= 4 is 32.6 Å². The molecule has 3 aromatic carbocycles. The summed E-state index contributed by atoms with van der Waals surface area (Å²) in [7, 11) is 0. The molecular formula is C34H38N2. The Morgan fingerprint density at radius 1 is 0.583 bits per heavy atom. The molecule has 0 N–H and O–H groups in total. The van der Waals surface area contributed by atoms with Crippen molar-refractivity contribution < 1.29 is 0 Å². The fourth-order valence-corrected chi connectivity index (χ4v) is 6.56. The molecule has 3 aliphatic carbocycles. The van der Waals surface area contributed by atoms with Crippen molar-refractivity contribution in [2.75, 3.05) is 0 Å². The summed E-state index contributed by atoms with van der Waals surface area (Å²) in [6.07, 6.45) is 5.14. The molecule has 0 atom stereocenters. The molecular weight excluding hydrogens is 436 g/mol. The van der Waals surface area contributed by atoms with Gasteiger partial charge in [-0.3, -0.25) is 0 Å². The van der Waals surface area contributed by atoms with Crippen LogP contribution >= 0.6 is 0 Å². The van der Waals surface area contributed by atoms with E-state index in [0.29, 0.717) is 0 Å². The third kappa shape index (κ3) is 3.03. The average Bonchev–Trinajstić information content (AvgIpc) is 2.81. The van der Waals surface area contributed by atoms with Gasteiger partial charge in [0.15, 0.2) is 0 Å². The van der Waals surface area contributed by atoms with Crippen LogP contribution in [0.3, 0.4) is 0 Å². The van der Waals surface area contributed by atoms with E-state index in [1.165, 1.54) is 32.7 Å². The molecule has 0 radical (unpaired) electrons. The lowest BCUT2D eigenvalue weighted by Gasteiger charge is -2.54. The molecule has 0 saturated heterocycles. The molecule has 0 unspecified atom stereocenters. The first-order valence-corrected chi connectivity index (χ1v) is 13.3. The summed E-state index contributed by atoms with van der Waals surface area (Å²) in [6, 6.07) is 17.4. The van der Waals surface area contributed by atoms with Gasteiger partial charge in [0.25, 0.3) is 0 Å². The minimum Gasteiger partial charge on any atom is -0.248 e. The molecule has 1 aromatic heterocycles. The number of rotatable bonds is 0. The van der Waals surface area contributed by atoms with Gasteiger partial charge >= 0.3 is 0 Å². The number of hydrogen-bond acceptors (Lipinski definition) is 2. The summed E-state index contributed by atoms with van der Waals surface area (Å²) in [4.78, 5) is 11.2. The Hall–Kier alpha value is -3.00. The summed E-state index contributed by atoms with van der Waals surface area (Å²) < 4.78 is 0. The minimum atomic E-state index is -0.309. The lowest BCUT2D eigenvalue weighted by Crippen LogP contribution is -2.48. The third-order valence-electron chi connectivity index (χ3n) is 8.60. The standard InChI is InChI=1S/C34H38N2/c1-31(2,3)24-18-34(33(7,8)9)19-25(32(4,5)6)26(24)29-30(34)36-28-23-17-13-11-15-21(23)20-14-10-12-16-22(20)27(28)35-29/h10-19,26H,1-9H3. The average molecular weight is 475 g/mol. The van der Waals surface area contributed by atoms with E-state index in [9.17, 15) is 0 Å². The molecule has 2 nitrogen and oxygen atoms in total. The first-order chi connectivity index (χ1) is 16.7. The second-order valence-electron chi connectivity index (χ2n) is 14.0. The van der Waals surface area contributed by atoms with Gasteiger partial charge in [-0.25, -0.2) is 9.97 Å². The normalized spacial score (nSPS) is 22.2. The second-order valence-corrected chi connectivity index (χ2v) is 14.0. The largest absolute Gasteiger partial charge is 0.248 e. The summed E-state index contributed by atoms with van der Waals surface area (Å²) in [6.45, 7) is 21.2. The van der Waals surface area contributed by atoms with Crippen molar-refractivity contribution in [1.29, 1.82) is 0 Å². The molecule has 0 aliphatic heterocycles. The zero-order valence-electron chi connectivity index (χ0n) is 23.2. The predicted molar refractivity (Wildman–Crippen MR) is 153 cm³/mol.